The number of carbonyl (C=O) groups excluding carboxylic acids is 7. The van der Waals surface area contributed by atoms with Crippen LogP contribution in [0.15, 0.2) is 54.6 Å². The fourth-order valence-electron chi connectivity index (χ4n) is 8.64. The minimum absolute atomic E-state index is 0.0209. The molecule has 428 valence electrons. The highest BCUT2D eigenvalue weighted by Crippen LogP contribution is 2.38. The molecule has 1 saturated heterocycles. The number of aliphatic carboxylic acids is 2. The number of rotatable bonds is 30. The van der Waals surface area contributed by atoms with Crippen molar-refractivity contribution in [3.63, 3.8) is 0 Å². The Morgan fingerprint density at radius 1 is 0.775 bits per heavy atom. The average molecular weight is 1130 g/mol. The van der Waals surface area contributed by atoms with Gasteiger partial charge in [0.2, 0.25) is 24.0 Å². The van der Waals surface area contributed by atoms with Gasteiger partial charge in [0.05, 0.1) is 69.2 Å². The Kier molecular flexibility index (Phi) is 20.9. The molecule has 3 aliphatic heterocycles. The number of imide groups is 1. The Hall–Kier alpha value is -8.20. The fourth-order valence-corrected chi connectivity index (χ4v) is 9.68. The molecule has 4 atom stereocenters. The molecule has 6 N–H and O–H groups in total. The van der Waals surface area contributed by atoms with Gasteiger partial charge in [-0.05, 0) is 59.7 Å². The third-order valence-corrected chi connectivity index (χ3v) is 14.0. The van der Waals surface area contributed by atoms with Crippen LogP contribution >= 0.6 is 11.3 Å². The number of carbonyl (C=O) groups is 9. The number of carboxylic acid groups (broad SMARTS) is 2. The van der Waals surface area contributed by atoms with Crippen molar-refractivity contribution in [2.45, 2.75) is 115 Å². The number of benzene rings is 2. The molecule has 2 aromatic heterocycles. The van der Waals surface area contributed by atoms with Crippen molar-refractivity contribution in [1.29, 1.82) is 0 Å². The van der Waals surface area contributed by atoms with Crippen LogP contribution < -0.4 is 34.3 Å². The first kappa shape index (κ1) is 59.5. The molecule has 80 heavy (non-hydrogen) atoms. The van der Waals surface area contributed by atoms with Gasteiger partial charge < -0.3 is 69.1 Å². The first-order valence-electron chi connectivity index (χ1n) is 25.7. The van der Waals surface area contributed by atoms with Crippen molar-refractivity contribution < 1.29 is 96.7 Å². The van der Waals surface area contributed by atoms with Gasteiger partial charge in [0.25, 0.3) is 17.7 Å². The lowest BCUT2D eigenvalue weighted by atomic mass is 10.0. The van der Waals surface area contributed by atoms with E-state index in [9.17, 15) is 58.5 Å². The Balaban J connectivity index is 0.864. The fraction of sp³-hybridized carbons (Fsp3) is 0.444. The van der Waals surface area contributed by atoms with Crippen LogP contribution in [0.3, 0.4) is 0 Å². The van der Waals surface area contributed by atoms with Crippen LogP contribution in [0.2, 0.25) is 0 Å². The number of esters is 1. The number of aliphatic hydroxyl groups excluding tert-OH is 2. The number of Topliss-reactive ketones (excluding diaryl/α,β-unsaturated/α-hetero) is 1. The number of aliphatic hydroxyl groups is 2. The lowest BCUT2D eigenvalue weighted by Gasteiger charge is -2.35. The van der Waals surface area contributed by atoms with E-state index in [1.165, 1.54) is 60.8 Å². The third-order valence-electron chi connectivity index (χ3n) is 12.9. The summed E-state index contributed by atoms with van der Waals surface area (Å²) in [6.45, 7) is 0.681. The van der Waals surface area contributed by atoms with Crippen molar-refractivity contribution >= 4 is 80.3 Å². The third kappa shape index (κ3) is 16.2. The van der Waals surface area contributed by atoms with Crippen molar-refractivity contribution in [2.24, 2.45) is 0 Å². The van der Waals surface area contributed by atoms with Crippen molar-refractivity contribution in [1.82, 2.24) is 20.1 Å². The zero-order valence-electron chi connectivity index (χ0n) is 43.8. The summed E-state index contributed by atoms with van der Waals surface area (Å²) in [5.74, 6) is -4.05. The number of nitrogens with one attached hydrogen (secondary N) is 2. The first-order valence-corrected chi connectivity index (χ1v) is 26.5. The molecule has 0 bridgehead atoms. The molecule has 0 radical (unpaired) electrons. The van der Waals surface area contributed by atoms with Crippen LogP contribution in [-0.4, -0.2) is 154 Å². The molecule has 7 rings (SSSR count). The van der Waals surface area contributed by atoms with E-state index >= 15 is 0 Å². The minimum Gasteiger partial charge on any atom is -0.493 e. The van der Waals surface area contributed by atoms with Gasteiger partial charge in [-0.25, -0.2) is 9.78 Å². The SMILES string of the molecule is COc1cc2sc(C(=O)CCC(=O)O)cc2cc1OCCCOc1nc2c(cc1OC)CN(C(=O)CCC(=O)OCc1ccc(O[C@H]3CC(O)[C@H](O)[C@@H](C(=O)O)O3)c(NC(=O)CCNC(=O)CCCCCN3C(=O)C=CC3=O)c1)C2. The molecule has 1 unspecified atom stereocenters. The number of unbranched alkanes of at least 4 members (excludes halogenated alkanes) is 2. The first-order chi connectivity index (χ1) is 38.4. The molecule has 1 fully saturated rings. The smallest absolute Gasteiger partial charge is 0.335 e. The molecule has 0 spiro atoms. The van der Waals surface area contributed by atoms with Gasteiger partial charge in [0.15, 0.2) is 29.1 Å². The van der Waals surface area contributed by atoms with Gasteiger partial charge in [-0.15, -0.1) is 11.3 Å². The van der Waals surface area contributed by atoms with Crippen LogP contribution in [0.4, 0.5) is 5.69 Å². The summed E-state index contributed by atoms with van der Waals surface area (Å²) in [7, 11) is 2.96. The van der Waals surface area contributed by atoms with Gasteiger partial charge in [-0.2, -0.15) is 0 Å². The molecule has 3 aliphatic rings. The summed E-state index contributed by atoms with van der Waals surface area (Å²) in [6.07, 6.45) is -3.15. The van der Waals surface area contributed by atoms with Crippen LogP contribution in [0.25, 0.3) is 10.1 Å². The number of methoxy groups -OCH3 is 2. The molecular weight excluding hydrogens is 1070 g/mol. The van der Waals surface area contributed by atoms with Crippen LogP contribution in [0, 0.1) is 0 Å². The van der Waals surface area contributed by atoms with Gasteiger partial charge in [0, 0.05) is 81.1 Å². The van der Waals surface area contributed by atoms with Gasteiger partial charge in [-0.1, -0.05) is 12.5 Å². The van der Waals surface area contributed by atoms with Crippen molar-refractivity contribution in [3.05, 3.63) is 76.3 Å². The molecule has 26 heteroatoms. The second-order valence-corrected chi connectivity index (χ2v) is 19.8. The maximum Gasteiger partial charge on any atom is 0.335 e. The summed E-state index contributed by atoms with van der Waals surface area (Å²) in [4.78, 5) is 118. The minimum atomic E-state index is -1.81. The van der Waals surface area contributed by atoms with Crippen LogP contribution in [0.1, 0.15) is 97.1 Å². The summed E-state index contributed by atoms with van der Waals surface area (Å²) in [5.41, 5.74) is 1.73. The summed E-state index contributed by atoms with van der Waals surface area (Å²) < 4.78 is 40.6. The number of thiophene rings is 1. The molecule has 25 nitrogen and oxygen atoms in total. The topological polar surface area (TPSA) is 343 Å². The number of anilines is 1. The predicted octanol–water partition coefficient (Wildman–Crippen LogP) is 3.81. The van der Waals surface area contributed by atoms with E-state index in [1.807, 2.05) is 0 Å². The Morgan fingerprint density at radius 3 is 2.27 bits per heavy atom. The number of ketones is 1. The lowest BCUT2D eigenvalue weighted by Crippen LogP contribution is -2.53. The maximum absolute atomic E-state index is 13.4. The van der Waals surface area contributed by atoms with E-state index in [4.69, 9.17) is 38.3 Å². The van der Waals surface area contributed by atoms with E-state index in [0.29, 0.717) is 59.1 Å². The van der Waals surface area contributed by atoms with E-state index in [2.05, 4.69) is 15.6 Å². The monoisotopic (exact) mass is 1130 g/mol. The van der Waals surface area contributed by atoms with Crippen LogP contribution in [0.5, 0.6) is 28.9 Å². The zero-order valence-corrected chi connectivity index (χ0v) is 44.6. The molecule has 0 saturated carbocycles. The number of pyridine rings is 1. The highest BCUT2D eigenvalue weighted by Gasteiger charge is 2.42. The van der Waals surface area contributed by atoms with E-state index in [0.717, 1.165) is 20.5 Å². The van der Waals surface area contributed by atoms with Crippen LogP contribution in [-0.2, 0) is 67.5 Å². The molecule has 2 aromatic carbocycles. The average Bonchev–Trinajstić information content (AvgIpc) is 4.17. The largest absolute Gasteiger partial charge is 0.493 e. The lowest BCUT2D eigenvalue weighted by molar-refractivity contribution is -0.228. The summed E-state index contributed by atoms with van der Waals surface area (Å²) >= 11 is 1.25. The number of nitrogens with zero attached hydrogens (tertiary/aromatic N) is 3. The second kappa shape index (κ2) is 28.1. The summed E-state index contributed by atoms with van der Waals surface area (Å²) in [6, 6.07) is 11.3. The number of hydrogen-bond donors (Lipinski definition) is 6. The highest BCUT2D eigenvalue weighted by atomic mass is 32.1. The molecular formula is C54H61N5O20S. The Bertz CT molecular complexity index is 3000. The van der Waals surface area contributed by atoms with Gasteiger partial charge in [-0.3, -0.25) is 43.3 Å². The second-order valence-electron chi connectivity index (χ2n) is 18.7. The molecule has 5 amide bonds. The number of hydrogen-bond acceptors (Lipinski definition) is 20. The standard InChI is InChI=1S/C54H61N5O20S/c1-73-38-26-41-31(24-42(80-41)35(60)9-14-48(67)68)22-39(38)75-19-6-20-76-53-40(74-2)23-32-27-58(28-34(32)57-53)45(64)13-15-49(69)77-29-30-8-10-37(78-50-25-36(61)51(70)52(79-50)54(71)72)33(21-30)56-44(63)16-17-55-43(62)7-4-3-5-18-59-46(65)11-12-47(59)66/h8,10-12,21-24,26,36,50-52,61,70H,3-7,9,13-20,25,27-29H2,1-2H3,(H,55,62)(H,56,63)(H,67,68)(H,71,72)/t36?,50-,51+,52+/m1/s1. The van der Waals surface area contributed by atoms with Crippen molar-refractivity contribution in [2.75, 3.05) is 45.8 Å². The predicted molar refractivity (Wildman–Crippen MR) is 280 cm³/mol. The van der Waals surface area contributed by atoms with E-state index in [1.54, 1.807) is 24.3 Å². The number of aromatic nitrogens is 1. The van der Waals surface area contributed by atoms with Gasteiger partial charge >= 0.3 is 17.9 Å². The van der Waals surface area contributed by atoms with Crippen molar-refractivity contribution in [3.8, 4) is 28.9 Å². The normalized spacial score (nSPS) is 17.4. The van der Waals surface area contributed by atoms with E-state index in [-0.39, 0.29) is 138 Å². The number of ether oxygens (including phenoxy) is 7. The quantitative estimate of drug-likeness (QED) is 0.0187. The molecule has 0 aliphatic carbocycles. The molecule has 5 heterocycles. The Labute approximate surface area is 461 Å². The van der Waals surface area contributed by atoms with Gasteiger partial charge in [0.1, 0.15) is 18.5 Å². The zero-order chi connectivity index (χ0) is 57.5. The highest BCUT2D eigenvalue weighted by molar-refractivity contribution is 7.20. The Morgan fingerprint density at radius 2 is 1.54 bits per heavy atom. The van der Waals surface area contributed by atoms with E-state index < -0.39 is 48.4 Å². The number of fused-ring (bicyclic) bond motifs is 2. The maximum atomic E-state index is 13.4. The summed E-state index contributed by atoms with van der Waals surface area (Å²) in [5, 5.41) is 45.0. The molecule has 4 aromatic rings. The number of carboxylic acids is 2. The number of amides is 5.